The highest BCUT2D eigenvalue weighted by Gasteiger charge is 2.30. The van der Waals surface area contributed by atoms with Gasteiger partial charge in [0.2, 0.25) is 0 Å². The van der Waals surface area contributed by atoms with Crippen LogP contribution in [0.4, 0.5) is 0 Å². The summed E-state index contributed by atoms with van der Waals surface area (Å²) in [7, 11) is 0. The van der Waals surface area contributed by atoms with Crippen molar-refractivity contribution in [2.24, 2.45) is 11.8 Å². The summed E-state index contributed by atoms with van der Waals surface area (Å²) in [5.41, 5.74) is 0.568. The van der Waals surface area contributed by atoms with Gasteiger partial charge in [0.05, 0.1) is 5.92 Å². The maximum absolute atomic E-state index is 11.2. The smallest absolute Gasteiger partial charge is 0.147 e. The van der Waals surface area contributed by atoms with Crippen molar-refractivity contribution in [2.75, 3.05) is 0 Å². The van der Waals surface area contributed by atoms with Crippen LogP contribution in [0.5, 0.6) is 0 Å². The first-order valence-electron chi connectivity index (χ1n) is 3.80. The summed E-state index contributed by atoms with van der Waals surface area (Å²) in [6.45, 7) is 3.60. The molecule has 0 radical (unpaired) electrons. The van der Waals surface area contributed by atoms with Crippen molar-refractivity contribution in [3.05, 3.63) is 12.2 Å². The molecule has 0 aromatic carbocycles. The summed E-state index contributed by atoms with van der Waals surface area (Å²) in [5, 5.41) is 0. The molecule has 0 amide bonds. The Morgan fingerprint density at radius 3 is 2.33 bits per heavy atom. The quantitative estimate of drug-likeness (QED) is 0.341. The highest BCUT2D eigenvalue weighted by molar-refractivity contribution is 5.98. The van der Waals surface area contributed by atoms with Crippen LogP contribution >= 0.6 is 0 Å². The van der Waals surface area contributed by atoms with E-state index >= 15 is 0 Å². The molecule has 0 aromatic rings. The molecule has 0 aromatic heterocycles. The Bertz CT molecular complexity index is 224. The summed E-state index contributed by atoms with van der Waals surface area (Å²) >= 11 is 0. The highest BCUT2D eigenvalue weighted by atomic mass is 16.1. The van der Waals surface area contributed by atoms with Crippen molar-refractivity contribution in [3.63, 3.8) is 0 Å². The van der Waals surface area contributed by atoms with Crippen LogP contribution in [0.3, 0.4) is 0 Å². The number of Topliss-reactive ketones (excluding diaryl/α,β-unsaturated/α-hetero) is 1. The third-order valence-electron chi connectivity index (χ3n) is 2.10. The minimum absolute atomic E-state index is 0.182. The van der Waals surface area contributed by atoms with Crippen LogP contribution in [-0.4, -0.2) is 18.4 Å². The summed E-state index contributed by atoms with van der Waals surface area (Å²) in [6.07, 6.45) is 2.01. The van der Waals surface area contributed by atoms with Crippen LogP contribution < -0.4 is 0 Å². The van der Waals surface area contributed by atoms with Crippen LogP contribution in [-0.2, 0) is 14.4 Å². The SMILES string of the molecule is C=C1CC(C=O)CC(=O)C1C=O. The van der Waals surface area contributed by atoms with Crippen LogP contribution in [0.25, 0.3) is 0 Å². The van der Waals surface area contributed by atoms with Gasteiger partial charge in [-0.05, 0) is 6.42 Å². The molecule has 1 rings (SSSR count). The van der Waals surface area contributed by atoms with E-state index in [1.807, 2.05) is 0 Å². The number of hydrogen-bond acceptors (Lipinski definition) is 3. The predicted molar refractivity (Wildman–Crippen MR) is 42.5 cm³/mol. The number of ketones is 1. The maximum atomic E-state index is 11.2. The Hall–Kier alpha value is -1.25. The summed E-state index contributed by atoms with van der Waals surface area (Å²) in [6, 6.07) is 0. The number of hydrogen-bond donors (Lipinski definition) is 0. The fourth-order valence-electron chi connectivity index (χ4n) is 1.42. The van der Waals surface area contributed by atoms with E-state index in [0.717, 1.165) is 6.29 Å². The van der Waals surface area contributed by atoms with Crippen LogP contribution in [0.1, 0.15) is 12.8 Å². The van der Waals surface area contributed by atoms with E-state index < -0.39 is 5.92 Å². The second-order valence-electron chi connectivity index (χ2n) is 3.04. The number of carbonyl (C=O) groups is 3. The number of aldehydes is 2. The van der Waals surface area contributed by atoms with Crippen molar-refractivity contribution in [3.8, 4) is 0 Å². The molecule has 2 unspecified atom stereocenters. The van der Waals surface area contributed by atoms with Gasteiger partial charge in [0.1, 0.15) is 18.4 Å². The van der Waals surface area contributed by atoms with E-state index in [9.17, 15) is 14.4 Å². The predicted octanol–water partition coefficient (Wildman–Crippen LogP) is 0.536. The molecule has 1 aliphatic rings. The first-order valence-corrected chi connectivity index (χ1v) is 3.80. The van der Waals surface area contributed by atoms with Gasteiger partial charge >= 0.3 is 0 Å². The zero-order chi connectivity index (χ0) is 9.14. The average molecular weight is 166 g/mol. The average Bonchev–Trinajstić information content (AvgIpc) is 2.03. The normalized spacial score (nSPS) is 30.0. The van der Waals surface area contributed by atoms with E-state index in [-0.39, 0.29) is 18.1 Å². The monoisotopic (exact) mass is 166 g/mol. The van der Waals surface area contributed by atoms with Gasteiger partial charge in [0.25, 0.3) is 0 Å². The maximum Gasteiger partial charge on any atom is 0.147 e. The molecule has 12 heavy (non-hydrogen) atoms. The molecule has 1 fully saturated rings. The molecule has 64 valence electrons. The van der Waals surface area contributed by atoms with E-state index in [2.05, 4.69) is 6.58 Å². The minimum Gasteiger partial charge on any atom is -0.303 e. The van der Waals surface area contributed by atoms with Gasteiger partial charge in [0.15, 0.2) is 0 Å². The molecule has 0 bridgehead atoms. The molecule has 3 nitrogen and oxygen atoms in total. The van der Waals surface area contributed by atoms with E-state index in [1.165, 1.54) is 0 Å². The Morgan fingerprint density at radius 1 is 1.25 bits per heavy atom. The van der Waals surface area contributed by atoms with Gasteiger partial charge in [-0.25, -0.2) is 0 Å². The first kappa shape index (κ1) is 8.84. The lowest BCUT2D eigenvalue weighted by Crippen LogP contribution is -2.28. The van der Waals surface area contributed by atoms with Crippen molar-refractivity contribution in [1.29, 1.82) is 0 Å². The molecular weight excluding hydrogens is 156 g/mol. The number of rotatable bonds is 2. The summed E-state index contributed by atoms with van der Waals surface area (Å²) < 4.78 is 0. The van der Waals surface area contributed by atoms with Gasteiger partial charge in [-0.15, -0.1) is 0 Å². The second kappa shape index (κ2) is 3.43. The molecule has 0 saturated heterocycles. The molecule has 0 heterocycles. The summed E-state index contributed by atoms with van der Waals surface area (Å²) in [4.78, 5) is 31.9. The van der Waals surface area contributed by atoms with Crippen molar-refractivity contribution >= 4 is 18.4 Å². The van der Waals surface area contributed by atoms with E-state index in [4.69, 9.17) is 0 Å². The highest BCUT2D eigenvalue weighted by Crippen LogP contribution is 2.27. The lowest BCUT2D eigenvalue weighted by molar-refractivity contribution is -0.130. The van der Waals surface area contributed by atoms with Gasteiger partial charge < -0.3 is 9.59 Å². The minimum atomic E-state index is -0.666. The molecular formula is C9H10O3. The fourth-order valence-corrected chi connectivity index (χ4v) is 1.42. The van der Waals surface area contributed by atoms with Crippen LogP contribution in [0.15, 0.2) is 12.2 Å². The molecule has 0 N–H and O–H groups in total. The number of carbonyl (C=O) groups excluding carboxylic acids is 3. The third-order valence-corrected chi connectivity index (χ3v) is 2.10. The zero-order valence-corrected chi connectivity index (χ0v) is 6.66. The molecule has 1 aliphatic carbocycles. The number of allylic oxidation sites excluding steroid dienone is 1. The van der Waals surface area contributed by atoms with Crippen LogP contribution in [0, 0.1) is 11.8 Å². The topological polar surface area (TPSA) is 51.2 Å². The van der Waals surface area contributed by atoms with Gasteiger partial charge in [-0.1, -0.05) is 12.2 Å². The van der Waals surface area contributed by atoms with E-state index in [0.29, 0.717) is 18.3 Å². The Morgan fingerprint density at radius 2 is 1.92 bits per heavy atom. The van der Waals surface area contributed by atoms with Crippen molar-refractivity contribution in [2.45, 2.75) is 12.8 Å². The molecule has 0 aliphatic heterocycles. The standard InChI is InChI=1S/C9H10O3/c1-6-2-7(4-10)3-9(12)8(6)5-11/h4-5,7-8H,1-3H2. The molecule has 0 spiro atoms. The summed E-state index contributed by atoms with van der Waals surface area (Å²) in [5.74, 6) is -1.11. The fraction of sp³-hybridized carbons (Fsp3) is 0.444. The van der Waals surface area contributed by atoms with Crippen LogP contribution in [0.2, 0.25) is 0 Å². The van der Waals surface area contributed by atoms with Gasteiger partial charge in [0, 0.05) is 12.3 Å². The van der Waals surface area contributed by atoms with Crippen molar-refractivity contribution < 1.29 is 14.4 Å². The first-order chi connectivity index (χ1) is 5.69. The molecule has 3 heteroatoms. The van der Waals surface area contributed by atoms with Crippen molar-refractivity contribution in [1.82, 2.24) is 0 Å². The third kappa shape index (κ3) is 1.49. The second-order valence-corrected chi connectivity index (χ2v) is 3.04. The zero-order valence-electron chi connectivity index (χ0n) is 6.66. The Labute approximate surface area is 70.4 Å². The molecule has 1 saturated carbocycles. The lowest BCUT2D eigenvalue weighted by atomic mass is 9.79. The Kier molecular flexibility index (Phi) is 2.53. The Balaban J connectivity index is 2.76. The van der Waals surface area contributed by atoms with Gasteiger partial charge in [-0.3, -0.25) is 4.79 Å². The van der Waals surface area contributed by atoms with Gasteiger partial charge in [-0.2, -0.15) is 0 Å². The largest absolute Gasteiger partial charge is 0.303 e. The lowest BCUT2D eigenvalue weighted by Gasteiger charge is -2.22. The molecule has 2 atom stereocenters. The van der Waals surface area contributed by atoms with E-state index in [1.54, 1.807) is 0 Å².